The van der Waals surface area contributed by atoms with Crippen molar-refractivity contribution in [2.75, 3.05) is 6.54 Å². The molecule has 1 nitrogen and oxygen atoms in total. The van der Waals surface area contributed by atoms with Crippen LogP contribution in [0.1, 0.15) is 26.7 Å². The Labute approximate surface area is 56.5 Å². The zero-order chi connectivity index (χ0) is 6.69. The first-order valence-electron chi connectivity index (χ1n) is 3.59. The van der Waals surface area contributed by atoms with Gasteiger partial charge in [0.15, 0.2) is 0 Å². The lowest BCUT2D eigenvalue weighted by atomic mass is 10.2. The lowest BCUT2D eigenvalue weighted by Gasteiger charge is -1.87. The fraction of sp³-hybridized carbons (Fsp3) is 0.625. The Bertz CT molecular complexity index is 154. The first-order chi connectivity index (χ1) is 4.36. The van der Waals surface area contributed by atoms with Crippen molar-refractivity contribution in [2.24, 2.45) is 4.99 Å². The molecule has 0 amide bonds. The van der Waals surface area contributed by atoms with Gasteiger partial charge in [0.1, 0.15) is 0 Å². The Balaban J connectivity index is 2.52. The number of nitrogens with zero attached hydrogens (tertiary/aromatic N) is 1. The van der Waals surface area contributed by atoms with Gasteiger partial charge < -0.3 is 0 Å². The predicted octanol–water partition coefficient (Wildman–Crippen LogP) is 2.19. The number of hydrogen-bond donors (Lipinski definition) is 0. The summed E-state index contributed by atoms with van der Waals surface area (Å²) in [7, 11) is 0. The topological polar surface area (TPSA) is 12.4 Å². The van der Waals surface area contributed by atoms with Crippen molar-refractivity contribution < 1.29 is 0 Å². The molecule has 50 valence electrons. The Morgan fingerprint density at radius 2 is 2.22 bits per heavy atom. The molecule has 0 radical (unpaired) electrons. The van der Waals surface area contributed by atoms with E-state index in [-0.39, 0.29) is 0 Å². The molecule has 0 atom stereocenters. The molecule has 1 aliphatic heterocycles. The minimum atomic E-state index is 0.958. The molecular weight excluding hydrogens is 110 g/mol. The van der Waals surface area contributed by atoms with Crippen LogP contribution in [0, 0.1) is 0 Å². The summed E-state index contributed by atoms with van der Waals surface area (Å²) < 4.78 is 0. The monoisotopic (exact) mass is 123 g/mol. The highest BCUT2D eigenvalue weighted by Crippen LogP contribution is 2.09. The molecular formula is C8H13N. The maximum Gasteiger partial charge on any atom is 0.0606 e. The summed E-state index contributed by atoms with van der Waals surface area (Å²) >= 11 is 0. The standard InChI is InChI=1S/C8H13N/c1-3-7-5-8(4-2)9-6-7/h5H,3-4,6H2,1-2H3. The molecule has 0 aromatic rings. The zero-order valence-corrected chi connectivity index (χ0v) is 6.15. The van der Waals surface area contributed by atoms with E-state index in [1.807, 2.05) is 0 Å². The minimum absolute atomic E-state index is 0.958. The Morgan fingerprint density at radius 1 is 1.44 bits per heavy atom. The van der Waals surface area contributed by atoms with E-state index < -0.39 is 0 Å². The second kappa shape index (κ2) is 2.81. The van der Waals surface area contributed by atoms with Crippen molar-refractivity contribution in [1.29, 1.82) is 0 Å². The molecule has 0 unspecified atom stereocenters. The van der Waals surface area contributed by atoms with Crippen molar-refractivity contribution in [1.82, 2.24) is 0 Å². The second-order valence-electron chi connectivity index (χ2n) is 2.32. The number of aliphatic imine (C=N–C) groups is 1. The molecule has 0 spiro atoms. The van der Waals surface area contributed by atoms with Crippen LogP contribution in [0.2, 0.25) is 0 Å². The lowest BCUT2D eigenvalue weighted by molar-refractivity contribution is 1.03. The molecule has 0 saturated carbocycles. The minimum Gasteiger partial charge on any atom is -0.285 e. The third kappa shape index (κ3) is 1.41. The second-order valence-corrected chi connectivity index (χ2v) is 2.32. The van der Waals surface area contributed by atoms with Crippen LogP contribution in [-0.2, 0) is 0 Å². The van der Waals surface area contributed by atoms with E-state index in [0.717, 1.165) is 19.4 Å². The molecule has 0 saturated heterocycles. The van der Waals surface area contributed by atoms with E-state index in [1.165, 1.54) is 11.3 Å². The average Bonchev–Trinajstić information content (AvgIpc) is 2.34. The van der Waals surface area contributed by atoms with Gasteiger partial charge in [-0.05, 0) is 24.5 Å². The molecule has 0 aliphatic carbocycles. The van der Waals surface area contributed by atoms with Gasteiger partial charge in [0.05, 0.1) is 6.54 Å². The largest absolute Gasteiger partial charge is 0.285 e. The highest BCUT2D eigenvalue weighted by atomic mass is 14.8. The summed E-state index contributed by atoms with van der Waals surface area (Å²) in [6.45, 7) is 5.29. The number of hydrogen-bond acceptors (Lipinski definition) is 1. The third-order valence-corrected chi connectivity index (χ3v) is 1.67. The highest BCUT2D eigenvalue weighted by Gasteiger charge is 2.02. The Morgan fingerprint density at radius 3 is 2.56 bits per heavy atom. The van der Waals surface area contributed by atoms with E-state index in [2.05, 4.69) is 24.9 Å². The summed E-state index contributed by atoms with van der Waals surface area (Å²) in [6.07, 6.45) is 4.47. The van der Waals surface area contributed by atoms with Crippen LogP contribution >= 0.6 is 0 Å². The number of allylic oxidation sites excluding steroid dienone is 1. The van der Waals surface area contributed by atoms with Crippen LogP contribution in [0.4, 0.5) is 0 Å². The molecule has 0 bridgehead atoms. The van der Waals surface area contributed by atoms with Crippen LogP contribution in [0.15, 0.2) is 16.6 Å². The third-order valence-electron chi connectivity index (χ3n) is 1.67. The smallest absolute Gasteiger partial charge is 0.0606 e. The van der Waals surface area contributed by atoms with Gasteiger partial charge in [-0.25, -0.2) is 0 Å². The van der Waals surface area contributed by atoms with Gasteiger partial charge in [-0.15, -0.1) is 0 Å². The van der Waals surface area contributed by atoms with E-state index in [4.69, 9.17) is 0 Å². The van der Waals surface area contributed by atoms with Crippen molar-refractivity contribution in [2.45, 2.75) is 26.7 Å². The summed E-state index contributed by atoms with van der Waals surface area (Å²) in [5, 5.41) is 0. The van der Waals surface area contributed by atoms with E-state index in [0.29, 0.717) is 0 Å². The van der Waals surface area contributed by atoms with Crippen molar-refractivity contribution >= 4 is 5.71 Å². The molecule has 1 heteroatoms. The van der Waals surface area contributed by atoms with Crippen molar-refractivity contribution in [3.8, 4) is 0 Å². The van der Waals surface area contributed by atoms with Crippen molar-refractivity contribution in [3.05, 3.63) is 11.6 Å². The molecule has 1 rings (SSSR count). The summed E-state index contributed by atoms with van der Waals surface area (Å²) in [6, 6.07) is 0. The van der Waals surface area contributed by atoms with Gasteiger partial charge in [0.25, 0.3) is 0 Å². The van der Waals surface area contributed by atoms with E-state index >= 15 is 0 Å². The molecule has 0 aromatic heterocycles. The Kier molecular flexibility index (Phi) is 2.04. The summed E-state index contributed by atoms with van der Waals surface area (Å²) in [5.41, 5.74) is 2.75. The lowest BCUT2D eigenvalue weighted by Crippen LogP contribution is -1.83. The fourth-order valence-corrected chi connectivity index (χ4v) is 0.958. The summed E-state index contributed by atoms with van der Waals surface area (Å²) in [5.74, 6) is 0. The van der Waals surface area contributed by atoms with Gasteiger partial charge in [-0.3, -0.25) is 4.99 Å². The van der Waals surface area contributed by atoms with Crippen LogP contribution in [0.5, 0.6) is 0 Å². The molecule has 9 heavy (non-hydrogen) atoms. The van der Waals surface area contributed by atoms with Crippen LogP contribution in [-0.4, -0.2) is 12.3 Å². The Hall–Kier alpha value is -0.590. The SMILES string of the molecule is CCC1=CC(CC)=NC1. The zero-order valence-electron chi connectivity index (χ0n) is 6.15. The van der Waals surface area contributed by atoms with Crippen LogP contribution in [0.25, 0.3) is 0 Å². The molecule has 0 aromatic carbocycles. The normalized spacial score (nSPS) is 17.6. The van der Waals surface area contributed by atoms with Gasteiger partial charge in [-0.1, -0.05) is 13.8 Å². The van der Waals surface area contributed by atoms with Gasteiger partial charge in [-0.2, -0.15) is 0 Å². The van der Waals surface area contributed by atoms with Crippen LogP contribution in [0.3, 0.4) is 0 Å². The fourth-order valence-electron chi connectivity index (χ4n) is 0.958. The molecule has 0 N–H and O–H groups in total. The van der Waals surface area contributed by atoms with Gasteiger partial charge in [0, 0.05) is 5.71 Å². The van der Waals surface area contributed by atoms with E-state index in [1.54, 1.807) is 0 Å². The molecule has 1 heterocycles. The highest BCUT2D eigenvalue weighted by molar-refractivity contribution is 5.97. The first-order valence-corrected chi connectivity index (χ1v) is 3.59. The first kappa shape index (κ1) is 6.53. The summed E-state index contributed by atoms with van der Waals surface area (Å²) in [4.78, 5) is 4.33. The molecule has 0 fully saturated rings. The number of rotatable bonds is 2. The van der Waals surface area contributed by atoms with Gasteiger partial charge in [0.2, 0.25) is 0 Å². The maximum absolute atomic E-state index is 4.33. The average molecular weight is 123 g/mol. The molecule has 1 aliphatic rings. The van der Waals surface area contributed by atoms with E-state index in [9.17, 15) is 0 Å². The van der Waals surface area contributed by atoms with Crippen LogP contribution < -0.4 is 0 Å². The van der Waals surface area contributed by atoms with Crippen molar-refractivity contribution in [3.63, 3.8) is 0 Å². The predicted molar refractivity (Wildman–Crippen MR) is 41.0 cm³/mol. The quantitative estimate of drug-likeness (QED) is 0.533. The maximum atomic E-state index is 4.33. The van der Waals surface area contributed by atoms with Gasteiger partial charge >= 0.3 is 0 Å².